The predicted molar refractivity (Wildman–Crippen MR) is 105 cm³/mol. The molecule has 1 aromatic heterocycles. The molecule has 1 heterocycles. The first-order valence-electron chi connectivity index (χ1n) is 9.24. The molecule has 0 bridgehead atoms. The molecule has 1 atom stereocenters. The fourth-order valence-electron chi connectivity index (χ4n) is 2.95. The number of carbonyl (C=O) groups is 1. The van der Waals surface area contributed by atoms with Crippen molar-refractivity contribution < 1.29 is 4.79 Å². The zero-order chi connectivity index (χ0) is 18.9. The Morgan fingerprint density at radius 3 is 2.48 bits per heavy atom. The third-order valence-electron chi connectivity index (χ3n) is 4.37. The summed E-state index contributed by atoms with van der Waals surface area (Å²) in [6.45, 7) is 3.30. The summed E-state index contributed by atoms with van der Waals surface area (Å²) in [5.41, 5.74) is 3.33. The van der Waals surface area contributed by atoms with Gasteiger partial charge in [0.1, 0.15) is 12.7 Å². The zero-order valence-corrected chi connectivity index (χ0v) is 15.5. The number of amides is 2. The van der Waals surface area contributed by atoms with Gasteiger partial charge in [-0.25, -0.2) is 14.5 Å². The van der Waals surface area contributed by atoms with Crippen molar-refractivity contribution in [1.82, 2.24) is 25.4 Å². The first-order valence-corrected chi connectivity index (χ1v) is 9.24. The van der Waals surface area contributed by atoms with Crippen LogP contribution in [-0.2, 0) is 13.1 Å². The molecule has 0 aliphatic carbocycles. The Kier molecular flexibility index (Phi) is 6.57. The standard InChI is InChI=1S/C21H25N5O/c1-2-6-20(19-7-4-3-5-8-19)25-21(27)23-13-17-9-11-18(12-10-17)14-26-16-22-15-24-26/h3-5,7-12,15-16,20H,2,6,13-14H2,1H3,(H2,23,25,27)/t20-/m1/s1. The molecule has 0 unspecified atom stereocenters. The molecule has 27 heavy (non-hydrogen) atoms. The van der Waals surface area contributed by atoms with Gasteiger partial charge in [-0.1, -0.05) is 67.9 Å². The SMILES string of the molecule is CCC[C@@H](NC(=O)NCc1ccc(Cn2cncn2)cc1)c1ccccc1. The lowest BCUT2D eigenvalue weighted by atomic mass is 10.0. The van der Waals surface area contributed by atoms with Crippen LogP contribution in [-0.4, -0.2) is 20.8 Å². The summed E-state index contributed by atoms with van der Waals surface area (Å²) >= 11 is 0. The van der Waals surface area contributed by atoms with Crippen LogP contribution in [0, 0.1) is 0 Å². The monoisotopic (exact) mass is 363 g/mol. The summed E-state index contributed by atoms with van der Waals surface area (Å²) in [6.07, 6.45) is 5.14. The van der Waals surface area contributed by atoms with Crippen LogP contribution in [0.4, 0.5) is 4.79 Å². The van der Waals surface area contributed by atoms with Crippen LogP contribution >= 0.6 is 0 Å². The van der Waals surface area contributed by atoms with Crippen molar-refractivity contribution in [3.8, 4) is 0 Å². The highest BCUT2D eigenvalue weighted by molar-refractivity contribution is 5.74. The summed E-state index contributed by atoms with van der Waals surface area (Å²) < 4.78 is 1.78. The molecular weight excluding hydrogens is 338 g/mol. The van der Waals surface area contributed by atoms with Crippen molar-refractivity contribution >= 4 is 6.03 Å². The molecule has 0 saturated heterocycles. The summed E-state index contributed by atoms with van der Waals surface area (Å²) in [4.78, 5) is 16.3. The van der Waals surface area contributed by atoms with E-state index in [1.807, 2.05) is 42.5 Å². The molecule has 0 radical (unpaired) electrons. The summed E-state index contributed by atoms with van der Waals surface area (Å²) in [6, 6.07) is 18.1. The molecule has 2 aromatic carbocycles. The van der Waals surface area contributed by atoms with Crippen molar-refractivity contribution in [3.05, 3.63) is 83.9 Å². The quantitative estimate of drug-likeness (QED) is 0.641. The largest absolute Gasteiger partial charge is 0.334 e. The molecule has 0 fully saturated rings. The van der Waals surface area contributed by atoms with Gasteiger partial charge in [0, 0.05) is 6.54 Å². The Labute approximate surface area is 159 Å². The molecular formula is C21H25N5O. The smallest absolute Gasteiger partial charge is 0.315 e. The van der Waals surface area contributed by atoms with Gasteiger partial charge in [0.2, 0.25) is 0 Å². The first-order chi connectivity index (χ1) is 13.2. The third kappa shape index (κ3) is 5.67. The summed E-state index contributed by atoms with van der Waals surface area (Å²) in [5.74, 6) is 0. The molecule has 6 nitrogen and oxygen atoms in total. The van der Waals surface area contributed by atoms with Crippen LogP contribution < -0.4 is 10.6 Å². The molecule has 0 spiro atoms. The maximum Gasteiger partial charge on any atom is 0.315 e. The summed E-state index contributed by atoms with van der Waals surface area (Å²) in [7, 11) is 0. The average molecular weight is 363 g/mol. The number of urea groups is 1. The highest BCUT2D eigenvalue weighted by Gasteiger charge is 2.13. The number of hydrogen-bond acceptors (Lipinski definition) is 3. The van der Waals surface area contributed by atoms with Crippen LogP contribution in [0.1, 0.15) is 42.5 Å². The third-order valence-corrected chi connectivity index (χ3v) is 4.37. The van der Waals surface area contributed by atoms with E-state index in [1.54, 1.807) is 11.0 Å². The number of nitrogens with zero attached hydrogens (tertiary/aromatic N) is 3. The molecule has 3 rings (SSSR count). The maximum atomic E-state index is 12.3. The van der Waals surface area contributed by atoms with E-state index in [-0.39, 0.29) is 12.1 Å². The lowest BCUT2D eigenvalue weighted by molar-refractivity contribution is 0.236. The van der Waals surface area contributed by atoms with Crippen LogP contribution in [0.5, 0.6) is 0 Å². The molecule has 0 aliphatic rings. The van der Waals surface area contributed by atoms with Gasteiger partial charge in [-0.05, 0) is 23.1 Å². The van der Waals surface area contributed by atoms with Crippen LogP contribution in [0.3, 0.4) is 0 Å². The van der Waals surface area contributed by atoms with E-state index in [2.05, 4.69) is 39.8 Å². The van der Waals surface area contributed by atoms with Gasteiger partial charge in [-0.3, -0.25) is 0 Å². The lowest BCUT2D eigenvalue weighted by Gasteiger charge is -2.19. The normalized spacial score (nSPS) is 11.7. The minimum Gasteiger partial charge on any atom is -0.334 e. The molecule has 2 amide bonds. The van der Waals surface area contributed by atoms with E-state index < -0.39 is 0 Å². The minimum absolute atomic E-state index is 0.0289. The molecule has 2 N–H and O–H groups in total. The molecule has 0 saturated carbocycles. The van der Waals surface area contributed by atoms with Crippen molar-refractivity contribution in [2.75, 3.05) is 0 Å². The lowest BCUT2D eigenvalue weighted by Crippen LogP contribution is -2.37. The van der Waals surface area contributed by atoms with Crippen LogP contribution in [0.2, 0.25) is 0 Å². The fraction of sp³-hybridized carbons (Fsp3) is 0.286. The second-order valence-electron chi connectivity index (χ2n) is 6.49. The minimum atomic E-state index is -0.149. The maximum absolute atomic E-state index is 12.3. The van der Waals surface area contributed by atoms with Gasteiger partial charge in [0.15, 0.2) is 0 Å². The molecule has 140 valence electrons. The van der Waals surface area contributed by atoms with E-state index in [9.17, 15) is 4.79 Å². The summed E-state index contributed by atoms with van der Waals surface area (Å²) in [5, 5.41) is 10.1. The Bertz CT molecular complexity index is 816. The Morgan fingerprint density at radius 1 is 1.07 bits per heavy atom. The number of rotatable bonds is 8. The van der Waals surface area contributed by atoms with Gasteiger partial charge in [-0.2, -0.15) is 5.10 Å². The van der Waals surface area contributed by atoms with E-state index >= 15 is 0 Å². The van der Waals surface area contributed by atoms with Gasteiger partial charge < -0.3 is 10.6 Å². The van der Waals surface area contributed by atoms with Gasteiger partial charge >= 0.3 is 6.03 Å². The Balaban J connectivity index is 1.50. The Morgan fingerprint density at radius 2 is 1.81 bits per heavy atom. The van der Waals surface area contributed by atoms with Crippen molar-refractivity contribution in [2.24, 2.45) is 0 Å². The topological polar surface area (TPSA) is 71.8 Å². The Hall–Kier alpha value is -3.15. The van der Waals surface area contributed by atoms with E-state index in [0.29, 0.717) is 13.1 Å². The number of nitrogens with one attached hydrogen (secondary N) is 2. The predicted octanol–water partition coefficient (Wildman–Crippen LogP) is 3.67. The van der Waals surface area contributed by atoms with Gasteiger partial charge in [0.05, 0.1) is 12.6 Å². The highest BCUT2D eigenvalue weighted by Crippen LogP contribution is 2.17. The van der Waals surface area contributed by atoms with Crippen molar-refractivity contribution in [1.29, 1.82) is 0 Å². The van der Waals surface area contributed by atoms with E-state index in [4.69, 9.17) is 0 Å². The fourth-order valence-corrected chi connectivity index (χ4v) is 2.95. The van der Waals surface area contributed by atoms with E-state index in [1.165, 1.54) is 6.33 Å². The number of aromatic nitrogens is 3. The average Bonchev–Trinajstić information content (AvgIpc) is 3.21. The molecule has 3 aromatic rings. The van der Waals surface area contributed by atoms with Crippen LogP contribution in [0.15, 0.2) is 67.3 Å². The van der Waals surface area contributed by atoms with Crippen molar-refractivity contribution in [2.45, 2.75) is 38.9 Å². The second-order valence-corrected chi connectivity index (χ2v) is 6.49. The van der Waals surface area contributed by atoms with E-state index in [0.717, 1.165) is 29.5 Å². The highest BCUT2D eigenvalue weighted by atomic mass is 16.2. The second kappa shape index (κ2) is 9.52. The number of benzene rings is 2. The van der Waals surface area contributed by atoms with Crippen molar-refractivity contribution in [3.63, 3.8) is 0 Å². The number of carbonyl (C=O) groups excluding carboxylic acids is 1. The van der Waals surface area contributed by atoms with Gasteiger partial charge in [-0.15, -0.1) is 0 Å². The van der Waals surface area contributed by atoms with Gasteiger partial charge in [0.25, 0.3) is 0 Å². The zero-order valence-electron chi connectivity index (χ0n) is 15.5. The molecule has 0 aliphatic heterocycles. The first kappa shape index (κ1) is 18.6. The van der Waals surface area contributed by atoms with Crippen LogP contribution in [0.25, 0.3) is 0 Å². The molecule has 6 heteroatoms. The number of hydrogen-bond donors (Lipinski definition) is 2.